The highest BCUT2D eigenvalue weighted by molar-refractivity contribution is 5.71. The van der Waals surface area contributed by atoms with Crippen LogP contribution in [0.1, 0.15) is 38.4 Å². The molecule has 7 heteroatoms. The Morgan fingerprint density at radius 2 is 2.05 bits per heavy atom. The molecule has 2 rings (SSSR count). The topological polar surface area (TPSA) is 82.5 Å². The zero-order valence-corrected chi connectivity index (χ0v) is 13.1. The number of anilines is 2. The van der Waals surface area contributed by atoms with Crippen molar-refractivity contribution in [1.29, 1.82) is 0 Å². The van der Waals surface area contributed by atoms with E-state index in [2.05, 4.69) is 15.0 Å². The molecule has 0 amide bonds. The summed E-state index contributed by atoms with van der Waals surface area (Å²) in [4.78, 5) is 28.4. The van der Waals surface area contributed by atoms with Crippen LogP contribution in [0.5, 0.6) is 0 Å². The minimum absolute atomic E-state index is 0.200. The maximum atomic E-state index is 11.2. The van der Waals surface area contributed by atoms with Crippen LogP contribution >= 0.6 is 0 Å². The van der Waals surface area contributed by atoms with Crippen molar-refractivity contribution in [2.45, 2.75) is 32.6 Å². The van der Waals surface area contributed by atoms with Gasteiger partial charge in [0.15, 0.2) is 0 Å². The SMILES string of the molecule is CC(C)c1nc(N(C)C)nc(N2CCCC(C(=O)O)C2)n1. The highest BCUT2D eigenvalue weighted by Gasteiger charge is 2.27. The Morgan fingerprint density at radius 1 is 1.33 bits per heavy atom. The maximum Gasteiger partial charge on any atom is 0.308 e. The van der Waals surface area contributed by atoms with Gasteiger partial charge in [0.25, 0.3) is 0 Å². The summed E-state index contributed by atoms with van der Waals surface area (Å²) < 4.78 is 0. The van der Waals surface area contributed by atoms with Crippen LogP contribution in [0.3, 0.4) is 0 Å². The van der Waals surface area contributed by atoms with E-state index in [1.807, 2.05) is 37.7 Å². The fourth-order valence-corrected chi connectivity index (χ4v) is 2.33. The molecule has 0 aliphatic carbocycles. The van der Waals surface area contributed by atoms with E-state index in [1.54, 1.807) is 0 Å². The Morgan fingerprint density at radius 3 is 2.62 bits per heavy atom. The number of nitrogens with zero attached hydrogens (tertiary/aromatic N) is 5. The van der Waals surface area contributed by atoms with E-state index >= 15 is 0 Å². The molecular weight excluding hydrogens is 270 g/mol. The van der Waals surface area contributed by atoms with Gasteiger partial charge in [-0.1, -0.05) is 13.8 Å². The van der Waals surface area contributed by atoms with Gasteiger partial charge in [0.05, 0.1) is 5.92 Å². The van der Waals surface area contributed by atoms with E-state index in [0.29, 0.717) is 24.9 Å². The molecule has 7 nitrogen and oxygen atoms in total. The zero-order chi connectivity index (χ0) is 15.6. The van der Waals surface area contributed by atoms with Crippen molar-refractivity contribution in [1.82, 2.24) is 15.0 Å². The van der Waals surface area contributed by atoms with Crippen molar-refractivity contribution in [3.05, 3.63) is 5.82 Å². The van der Waals surface area contributed by atoms with Gasteiger partial charge in [-0.25, -0.2) is 0 Å². The molecule has 2 heterocycles. The van der Waals surface area contributed by atoms with Gasteiger partial charge in [-0.15, -0.1) is 0 Å². The first kappa shape index (κ1) is 15.5. The van der Waals surface area contributed by atoms with Gasteiger partial charge in [0.2, 0.25) is 11.9 Å². The van der Waals surface area contributed by atoms with Gasteiger partial charge in [0.1, 0.15) is 5.82 Å². The van der Waals surface area contributed by atoms with Crippen LogP contribution in [0.25, 0.3) is 0 Å². The number of rotatable bonds is 4. The summed E-state index contributed by atoms with van der Waals surface area (Å²) in [6, 6.07) is 0. The summed E-state index contributed by atoms with van der Waals surface area (Å²) >= 11 is 0. The van der Waals surface area contributed by atoms with Crippen LogP contribution in [-0.4, -0.2) is 53.2 Å². The molecule has 1 N–H and O–H groups in total. The first-order valence-electron chi connectivity index (χ1n) is 7.29. The van der Waals surface area contributed by atoms with Crippen molar-refractivity contribution in [2.24, 2.45) is 5.92 Å². The molecule has 116 valence electrons. The third kappa shape index (κ3) is 3.59. The molecule has 1 aromatic heterocycles. The van der Waals surface area contributed by atoms with Crippen LogP contribution in [0.15, 0.2) is 0 Å². The molecule has 1 saturated heterocycles. The van der Waals surface area contributed by atoms with Gasteiger partial charge in [-0.05, 0) is 12.8 Å². The number of piperidine rings is 1. The molecule has 0 spiro atoms. The van der Waals surface area contributed by atoms with Crippen molar-refractivity contribution < 1.29 is 9.90 Å². The van der Waals surface area contributed by atoms with Gasteiger partial charge >= 0.3 is 5.97 Å². The average Bonchev–Trinajstić information content (AvgIpc) is 2.46. The number of carboxylic acids is 1. The van der Waals surface area contributed by atoms with Crippen molar-refractivity contribution in [3.63, 3.8) is 0 Å². The fraction of sp³-hybridized carbons (Fsp3) is 0.714. The summed E-state index contributed by atoms with van der Waals surface area (Å²) in [5, 5.41) is 9.20. The summed E-state index contributed by atoms with van der Waals surface area (Å²) in [5.74, 6) is 1.04. The number of carboxylic acid groups (broad SMARTS) is 1. The van der Waals surface area contributed by atoms with E-state index in [1.165, 1.54) is 0 Å². The Kier molecular flexibility index (Phi) is 4.59. The van der Waals surface area contributed by atoms with E-state index in [-0.39, 0.29) is 11.8 Å². The van der Waals surface area contributed by atoms with Crippen LogP contribution in [0, 0.1) is 5.92 Å². The fourth-order valence-electron chi connectivity index (χ4n) is 2.33. The third-order valence-electron chi connectivity index (χ3n) is 3.60. The minimum Gasteiger partial charge on any atom is -0.481 e. The van der Waals surface area contributed by atoms with Crippen LogP contribution in [0.2, 0.25) is 0 Å². The third-order valence-corrected chi connectivity index (χ3v) is 3.60. The molecule has 21 heavy (non-hydrogen) atoms. The molecule has 1 atom stereocenters. The highest BCUT2D eigenvalue weighted by Crippen LogP contribution is 2.23. The molecule has 1 fully saturated rings. The maximum absolute atomic E-state index is 11.2. The monoisotopic (exact) mass is 293 g/mol. The normalized spacial score (nSPS) is 18.9. The van der Waals surface area contributed by atoms with Crippen molar-refractivity contribution >= 4 is 17.9 Å². The summed E-state index contributed by atoms with van der Waals surface area (Å²) in [6.45, 7) is 5.32. The number of hydrogen-bond donors (Lipinski definition) is 1. The average molecular weight is 293 g/mol. The van der Waals surface area contributed by atoms with Crippen LogP contribution in [-0.2, 0) is 4.79 Å². The number of aromatic nitrogens is 3. The highest BCUT2D eigenvalue weighted by atomic mass is 16.4. The molecule has 1 unspecified atom stereocenters. The molecule has 0 saturated carbocycles. The van der Waals surface area contributed by atoms with E-state index in [4.69, 9.17) is 0 Å². The first-order valence-corrected chi connectivity index (χ1v) is 7.29. The lowest BCUT2D eigenvalue weighted by Crippen LogP contribution is -2.40. The molecule has 0 radical (unpaired) electrons. The number of aliphatic carboxylic acids is 1. The van der Waals surface area contributed by atoms with Gasteiger partial charge < -0.3 is 14.9 Å². The predicted molar refractivity (Wildman–Crippen MR) is 80.8 cm³/mol. The van der Waals surface area contributed by atoms with E-state index in [0.717, 1.165) is 18.8 Å². The van der Waals surface area contributed by atoms with E-state index < -0.39 is 5.97 Å². The largest absolute Gasteiger partial charge is 0.481 e. The lowest BCUT2D eigenvalue weighted by Gasteiger charge is -2.31. The van der Waals surface area contributed by atoms with Crippen molar-refractivity contribution in [3.8, 4) is 0 Å². The van der Waals surface area contributed by atoms with Gasteiger partial charge in [-0.3, -0.25) is 4.79 Å². The standard InChI is InChI=1S/C14H23N5O2/c1-9(2)11-15-13(18(3)4)17-14(16-11)19-7-5-6-10(8-19)12(20)21/h9-10H,5-8H2,1-4H3,(H,20,21). The molecule has 1 aromatic rings. The van der Waals surface area contributed by atoms with Gasteiger partial charge in [0, 0.05) is 33.1 Å². The lowest BCUT2D eigenvalue weighted by atomic mass is 9.99. The second-order valence-corrected chi connectivity index (χ2v) is 5.97. The molecule has 0 bridgehead atoms. The zero-order valence-electron chi connectivity index (χ0n) is 13.1. The number of carbonyl (C=O) groups is 1. The summed E-state index contributed by atoms with van der Waals surface area (Å²) in [7, 11) is 3.78. The van der Waals surface area contributed by atoms with E-state index in [9.17, 15) is 9.90 Å². The molecule has 0 aromatic carbocycles. The molecule has 1 aliphatic rings. The quantitative estimate of drug-likeness (QED) is 0.897. The number of hydrogen-bond acceptors (Lipinski definition) is 6. The second-order valence-electron chi connectivity index (χ2n) is 5.97. The van der Waals surface area contributed by atoms with Crippen LogP contribution < -0.4 is 9.80 Å². The Balaban J connectivity index is 2.31. The first-order chi connectivity index (χ1) is 9.88. The molecule has 1 aliphatic heterocycles. The van der Waals surface area contributed by atoms with Crippen LogP contribution in [0.4, 0.5) is 11.9 Å². The summed E-state index contributed by atoms with van der Waals surface area (Å²) in [6.07, 6.45) is 1.56. The van der Waals surface area contributed by atoms with Crippen molar-refractivity contribution in [2.75, 3.05) is 37.0 Å². The minimum atomic E-state index is -0.745. The predicted octanol–water partition coefficient (Wildman–Crippen LogP) is 1.36. The smallest absolute Gasteiger partial charge is 0.308 e. The molecular formula is C14H23N5O2. The Hall–Kier alpha value is -1.92. The lowest BCUT2D eigenvalue weighted by molar-refractivity contribution is -0.141. The van der Waals surface area contributed by atoms with Gasteiger partial charge in [-0.2, -0.15) is 15.0 Å². The Labute approximate surface area is 125 Å². The summed E-state index contributed by atoms with van der Waals surface area (Å²) in [5.41, 5.74) is 0. The second kappa shape index (κ2) is 6.24. The Bertz CT molecular complexity index is 492.